The van der Waals surface area contributed by atoms with Crippen molar-refractivity contribution in [2.45, 2.75) is 19.3 Å². The zero-order valence-corrected chi connectivity index (χ0v) is 15.7. The fourth-order valence-electron chi connectivity index (χ4n) is 3.27. The third-order valence-corrected chi connectivity index (χ3v) is 4.91. The maximum Gasteiger partial charge on any atom is 0.257 e. The summed E-state index contributed by atoms with van der Waals surface area (Å²) in [5.74, 6) is 1.10. The van der Waals surface area contributed by atoms with Gasteiger partial charge >= 0.3 is 0 Å². The number of carbonyl (C=O) groups excluding carboxylic acids is 1. The van der Waals surface area contributed by atoms with E-state index < -0.39 is 0 Å². The molecule has 1 aliphatic rings. The van der Waals surface area contributed by atoms with Crippen LogP contribution in [-0.2, 0) is 4.79 Å². The van der Waals surface area contributed by atoms with Gasteiger partial charge in [0.15, 0.2) is 5.82 Å². The Morgan fingerprint density at radius 3 is 2.44 bits per heavy atom. The number of aryl methyl sites for hydroxylation is 1. The molecule has 1 aromatic heterocycles. The Morgan fingerprint density at radius 1 is 1.07 bits per heavy atom. The van der Waals surface area contributed by atoms with Gasteiger partial charge in [-0.15, -0.1) is 0 Å². The molecule has 0 N–H and O–H groups in total. The van der Waals surface area contributed by atoms with E-state index in [9.17, 15) is 4.79 Å². The van der Waals surface area contributed by atoms with Crippen molar-refractivity contribution < 1.29 is 9.32 Å². The molecule has 6 nitrogen and oxygen atoms in total. The fourth-order valence-corrected chi connectivity index (χ4v) is 3.27. The second-order valence-electron chi connectivity index (χ2n) is 7.14. The van der Waals surface area contributed by atoms with Crippen LogP contribution in [-0.4, -0.2) is 36.7 Å². The van der Waals surface area contributed by atoms with Crippen molar-refractivity contribution in [2.75, 3.05) is 30.4 Å². The molecular formula is C21H22N4O2. The predicted molar refractivity (Wildman–Crippen MR) is 105 cm³/mol. The third-order valence-electron chi connectivity index (χ3n) is 4.91. The Hall–Kier alpha value is -3.15. The molecule has 0 spiro atoms. The summed E-state index contributed by atoms with van der Waals surface area (Å²) in [6.45, 7) is 2.60. The lowest BCUT2D eigenvalue weighted by atomic mass is 10.1. The van der Waals surface area contributed by atoms with Crippen molar-refractivity contribution in [3.8, 4) is 11.5 Å². The Bertz CT molecular complexity index is 945. The van der Waals surface area contributed by atoms with Gasteiger partial charge in [-0.1, -0.05) is 22.9 Å². The van der Waals surface area contributed by atoms with Gasteiger partial charge < -0.3 is 14.3 Å². The number of benzene rings is 2. The highest BCUT2D eigenvalue weighted by Crippen LogP contribution is 2.31. The predicted octanol–water partition coefficient (Wildman–Crippen LogP) is 3.63. The Morgan fingerprint density at radius 2 is 1.78 bits per heavy atom. The number of hydrogen-bond acceptors (Lipinski definition) is 5. The number of nitrogens with zero attached hydrogens (tertiary/aromatic N) is 4. The molecule has 1 atom stereocenters. The zero-order chi connectivity index (χ0) is 19.0. The van der Waals surface area contributed by atoms with Crippen LogP contribution < -0.4 is 9.80 Å². The van der Waals surface area contributed by atoms with Gasteiger partial charge in [0, 0.05) is 49.9 Å². The Kier molecular flexibility index (Phi) is 4.39. The lowest BCUT2D eigenvalue weighted by Crippen LogP contribution is -2.24. The maximum absolute atomic E-state index is 12.5. The molecule has 0 unspecified atom stereocenters. The van der Waals surface area contributed by atoms with Gasteiger partial charge in [-0.05, 0) is 43.3 Å². The summed E-state index contributed by atoms with van der Waals surface area (Å²) in [4.78, 5) is 20.8. The van der Waals surface area contributed by atoms with E-state index in [1.807, 2.05) is 74.4 Å². The summed E-state index contributed by atoms with van der Waals surface area (Å²) >= 11 is 0. The first kappa shape index (κ1) is 17.3. The third kappa shape index (κ3) is 3.43. The molecule has 1 saturated heterocycles. The average Bonchev–Trinajstić information content (AvgIpc) is 3.29. The van der Waals surface area contributed by atoms with E-state index in [2.05, 4.69) is 10.1 Å². The smallest absolute Gasteiger partial charge is 0.257 e. The Labute approximate surface area is 158 Å². The summed E-state index contributed by atoms with van der Waals surface area (Å²) in [5.41, 5.74) is 4.06. The number of carbonyl (C=O) groups is 1. The van der Waals surface area contributed by atoms with Crippen LogP contribution in [0.2, 0.25) is 0 Å². The molecule has 1 amide bonds. The van der Waals surface area contributed by atoms with Gasteiger partial charge in [0.2, 0.25) is 5.91 Å². The second kappa shape index (κ2) is 6.87. The standard InChI is InChI=1S/C21H22N4O2/c1-14-4-8-18(9-5-14)25-13-16(12-19(25)26)20-22-21(27-23-20)15-6-10-17(11-7-15)24(2)3/h4-11,16H,12-13H2,1-3H3/t16-/m0/s1. The van der Waals surface area contributed by atoms with Gasteiger partial charge in [0.1, 0.15) is 0 Å². The minimum Gasteiger partial charge on any atom is -0.378 e. The molecule has 0 radical (unpaired) electrons. The average molecular weight is 362 g/mol. The molecule has 0 saturated carbocycles. The summed E-state index contributed by atoms with van der Waals surface area (Å²) in [7, 11) is 3.99. The molecule has 1 aliphatic heterocycles. The number of rotatable bonds is 4. The normalized spacial score (nSPS) is 16.8. The summed E-state index contributed by atoms with van der Waals surface area (Å²) in [6, 6.07) is 15.9. The van der Waals surface area contributed by atoms with E-state index in [-0.39, 0.29) is 11.8 Å². The SMILES string of the molecule is Cc1ccc(N2C[C@@H](c3noc(-c4ccc(N(C)C)cc4)n3)CC2=O)cc1. The van der Waals surface area contributed by atoms with Crippen LogP contribution in [0.15, 0.2) is 53.1 Å². The monoisotopic (exact) mass is 362 g/mol. The summed E-state index contributed by atoms with van der Waals surface area (Å²) < 4.78 is 5.45. The molecule has 0 aliphatic carbocycles. The first-order valence-electron chi connectivity index (χ1n) is 8.99. The molecule has 27 heavy (non-hydrogen) atoms. The quantitative estimate of drug-likeness (QED) is 0.709. The molecule has 3 aromatic rings. The molecule has 6 heteroatoms. The second-order valence-corrected chi connectivity index (χ2v) is 7.14. The van der Waals surface area contributed by atoms with E-state index in [4.69, 9.17) is 4.52 Å². The largest absolute Gasteiger partial charge is 0.378 e. The highest BCUT2D eigenvalue weighted by molar-refractivity contribution is 5.96. The van der Waals surface area contributed by atoms with Crippen molar-refractivity contribution in [1.82, 2.24) is 10.1 Å². The summed E-state index contributed by atoms with van der Waals surface area (Å²) in [6.07, 6.45) is 0.395. The van der Waals surface area contributed by atoms with E-state index in [0.29, 0.717) is 24.7 Å². The fraction of sp³-hybridized carbons (Fsp3) is 0.286. The van der Waals surface area contributed by atoms with Crippen LogP contribution in [0, 0.1) is 6.92 Å². The van der Waals surface area contributed by atoms with Crippen LogP contribution in [0.1, 0.15) is 23.7 Å². The minimum atomic E-state index is -0.0580. The van der Waals surface area contributed by atoms with Gasteiger partial charge in [0.05, 0.1) is 0 Å². The minimum absolute atomic E-state index is 0.0580. The van der Waals surface area contributed by atoms with Crippen LogP contribution in [0.25, 0.3) is 11.5 Å². The van der Waals surface area contributed by atoms with Gasteiger partial charge in [-0.25, -0.2) is 0 Å². The van der Waals surface area contributed by atoms with E-state index in [1.165, 1.54) is 5.56 Å². The van der Waals surface area contributed by atoms with Crippen molar-refractivity contribution in [3.63, 3.8) is 0 Å². The number of amides is 1. The maximum atomic E-state index is 12.5. The summed E-state index contributed by atoms with van der Waals surface area (Å²) in [5, 5.41) is 4.13. The van der Waals surface area contributed by atoms with Gasteiger partial charge in [0.25, 0.3) is 5.89 Å². The first-order valence-corrected chi connectivity index (χ1v) is 8.99. The molecule has 2 aromatic carbocycles. The molecule has 138 valence electrons. The zero-order valence-electron chi connectivity index (χ0n) is 15.7. The highest BCUT2D eigenvalue weighted by atomic mass is 16.5. The molecular weight excluding hydrogens is 340 g/mol. The molecule has 4 rings (SSSR count). The van der Waals surface area contributed by atoms with Crippen molar-refractivity contribution >= 4 is 17.3 Å². The van der Waals surface area contributed by atoms with Crippen LogP contribution in [0.3, 0.4) is 0 Å². The van der Waals surface area contributed by atoms with Crippen molar-refractivity contribution in [2.24, 2.45) is 0 Å². The number of aromatic nitrogens is 2. The molecule has 2 heterocycles. The van der Waals surface area contributed by atoms with Crippen molar-refractivity contribution in [3.05, 3.63) is 59.9 Å². The molecule has 1 fully saturated rings. The lowest BCUT2D eigenvalue weighted by molar-refractivity contribution is -0.117. The van der Waals surface area contributed by atoms with Crippen molar-refractivity contribution in [1.29, 1.82) is 0 Å². The lowest BCUT2D eigenvalue weighted by Gasteiger charge is -2.16. The van der Waals surface area contributed by atoms with Crippen LogP contribution >= 0.6 is 0 Å². The van der Waals surface area contributed by atoms with E-state index in [1.54, 1.807) is 4.90 Å². The highest BCUT2D eigenvalue weighted by Gasteiger charge is 2.34. The van der Waals surface area contributed by atoms with E-state index in [0.717, 1.165) is 16.9 Å². The topological polar surface area (TPSA) is 62.5 Å². The van der Waals surface area contributed by atoms with Gasteiger partial charge in [-0.2, -0.15) is 4.98 Å². The number of hydrogen-bond donors (Lipinski definition) is 0. The Balaban J connectivity index is 1.52. The molecule has 0 bridgehead atoms. The first-order chi connectivity index (χ1) is 13.0. The van der Waals surface area contributed by atoms with Gasteiger partial charge in [-0.3, -0.25) is 4.79 Å². The van der Waals surface area contributed by atoms with E-state index >= 15 is 0 Å². The van der Waals surface area contributed by atoms with Crippen LogP contribution in [0.4, 0.5) is 11.4 Å². The van der Waals surface area contributed by atoms with Crippen LogP contribution in [0.5, 0.6) is 0 Å². The number of anilines is 2.